The highest BCUT2D eigenvalue weighted by molar-refractivity contribution is 5.48. The van der Waals surface area contributed by atoms with Gasteiger partial charge in [-0.3, -0.25) is 0 Å². The van der Waals surface area contributed by atoms with E-state index in [9.17, 15) is 15.3 Å². The molecule has 92 valence electrons. The van der Waals surface area contributed by atoms with Crippen molar-refractivity contribution >= 4 is 0 Å². The van der Waals surface area contributed by atoms with E-state index in [0.717, 1.165) is 16.9 Å². The zero-order chi connectivity index (χ0) is 12.0. The molecular weight excluding hydrogens is 220 g/mol. The summed E-state index contributed by atoms with van der Waals surface area (Å²) in [6, 6.07) is 5.68. The third-order valence-corrected chi connectivity index (χ3v) is 3.97. The van der Waals surface area contributed by atoms with Crippen LogP contribution in [0.15, 0.2) is 18.2 Å². The fourth-order valence-corrected chi connectivity index (χ4v) is 3.15. The third-order valence-electron chi connectivity index (χ3n) is 3.97. The van der Waals surface area contributed by atoms with E-state index in [1.54, 1.807) is 0 Å². The maximum atomic E-state index is 9.86. The average Bonchev–Trinajstić information content (AvgIpc) is 2.83. The standard InChI is InChI=1S/C13H16O4/c14-5-7-2-1-3-8-12-9(6-15)10(16)4-11(12)17-13(7)8/h1-3,9-12,14-16H,4-6H2/t9-,10+,11-,12+/m0/s1. The zero-order valence-electron chi connectivity index (χ0n) is 9.41. The van der Waals surface area contributed by atoms with Crippen LogP contribution in [0.1, 0.15) is 23.5 Å². The number of benzene rings is 1. The first-order chi connectivity index (χ1) is 8.26. The molecular formula is C13H16O4. The Hall–Kier alpha value is -1.10. The first-order valence-corrected chi connectivity index (χ1v) is 5.94. The topological polar surface area (TPSA) is 69.9 Å². The van der Waals surface area contributed by atoms with Gasteiger partial charge in [-0.15, -0.1) is 0 Å². The van der Waals surface area contributed by atoms with Crippen LogP contribution in [0.25, 0.3) is 0 Å². The number of rotatable bonds is 2. The van der Waals surface area contributed by atoms with Gasteiger partial charge in [0.1, 0.15) is 11.9 Å². The van der Waals surface area contributed by atoms with Crippen molar-refractivity contribution in [2.45, 2.75) is 31.2 Å². The molecule has 1 aliphatic heterocycles. The lowest BCUT2D eigenvalue weighted by atomic mass is 9.88. The summed E-state index contributed by atoms with van der Waals surface area (Å²) in [6.07, 6.45) is -0.0131. The van der Waals surface area contributed by atoms with Gasteiger partial charge in [0.2, 0.25) is 0 Å². The first kappa shape index (κ1) is 11.0. The SMILES string of the molecule is OCc1cccc2c1O[C@H]1C[C@@H](O)[C@H](CO)[C@@H]21. The number of hydrogen-bond acceptors (Lipinski definition) is 4. The van der Waals surface area contributed by atoms with Crippen molar-refractivity contribution in [2.75, 3.05) is 6.61 Å². The predicted molar refractivity (Wildman–Crippen MR) is 60.7 cm³/mol. The number of para-hydroxylation sites is 1. The summed E-state index contributed by atoms with van der Waals surface area (Å²) in [7, 11) is 0. The molecule has 0 unspecified atom stereocenters. The Morgan fingerprint density at radius 2 is 2.12 bits per heavy atom. The quantitative estimate of drug-likeness (QED) is 0.695. The second-order valence-electron chi connectivity index (χ2n) is 4.83. The lowest BCUT2D eigenvalue weighted by Crippen LogP contribution is -2.22. The molecule has 17 heavy (non-hydrogen) atoms. The van der Waals surface area contributed by atoms with Crippen molar-refractivity contribution in [3.8, 4) is 5.75 Å². The lowest BCUT2D eigenvalue weighted by Gasteiger charge is -2.17. The molecule has 3 N–H and O–H groups in total. The van der Waals surface area contributed by atoms with Crippen LogP contribution < -0.4 is 4.74 Å². The van der Waals surface area contributed by atoms with E-state index >= 15 is 0 Å². The zero-order valence-corrected chi connectivity index (χ0v) is 9.41. The van der Waals surface area contributed by atoms with Gasteiger partial charge in [-0.25, -0.2) is 0 Å². The number of aliphatic hydroxyl groups is 3. The Labute approximate surface area is 99.5 Å². The van der Waals surface area contributed by atoms with Crippen molar-refractivity contribution in [1.29, 1.82) is 0 Å². The number of aliphatic hydroxyl groups excluding tert-OH is 3. The summed E-state index contributed by atoms with van der Waals surface area (Å²) in [5.74, 6) is 0.641. The van der Waals surface area contributed by atoms with Gasteiger partial charge in [0.25, 0.3) is 0 Å². The van der Waals surface area contributed by atoms with E-state index in [1.165, 1.54) is 0 Å². The van der Waals surface area contributed by atoms with Crippen LogP contribution in [-0.4, -0.2) is 34.1 Å². The van der Waals surface area contributed by atoms with Gasteiger partial charge >= 0.3 is 0 Å². The molecule has 1 aromatic rings. The molecule has 0 spiro atoms. The Bertz CT molecular complexity index is 431. The molecule has 0 amide bonds. The highest BCUT2D eigenvalue weighted by Crippen LogP contribution is 2.51. The smallest absolute Gasteiger partial charge is 0.128 e. The second kappa shape index (κ2) is 3.98. The van der Waals surface area contributed by atoms with Gasteiger partial charge < -0.3 is 20.1 Å². The van der Waals surface area contributed by atoms with Crippen molar-refractivity contribution in [1.82, 2.24) is 0 Å². The summed E-state index contributed by atoms with van der Waals surface area (Å²) in [6.45, 7) is -0.0799. The summed E-state index contributed by atoms with van der Waals surface area (Å²) in [5.41, 5.74) is 1.79. The van der Waals surface area contributed by atoms with Crippen molar-refractivity contribution in [2.24, 2.45) is 5.92 Å². The molecule has 4 atom stereocenters. The Morgan fingerprint density at radius 3 is 2.82 bits per heavy atom. The average molecular weight is 236 g/mol. The summed E-state index contributed by atoms with van der Waals surface area (Å²) >= 11 is 0. The largest absolute Gasteiger partial charge is 0.489 e. The molecule has 1 saturated carbocycles. The predicted octanol–water partition coefficient (Wildman–Crippen LogP) is 0.397. The van der Waals surface area contributed by atoms with Crippen molar-refractivity contribution in [3.05, 3.63) is 29.3 Å². The fourth-order valence-electron chi connectivity index (χ4n) is 3.15. The van der Waals surface area contributed by atoms with Gasteiger partial charge in [-0.2, -0.15) is 0 Å². The Kier molecular flexibility index (Phi) is 2.58. The third kappa shape index (κ3) is 1.48. The van der Waals surface area contributed by atoms with Crippen LogP contribution in [0.3, 0.4) is 0 Å². The lowest BCUT2D eigenvalue weighted by molar-refractivity contribution is 0.0832. The van der Waals surface area contributed by atoms with Gasteiger partial charge in [-0.1, -0.05) is 18.2 Å². The van der Waals surface area contributed by atoms with Crippen LogP contribution in [-0.2, 0) is 6.61 Å². The summed E-state index contributed by atoms with van der Waals surface area (Å²) < 4.78 is 5.82. The summed E-state index contributed by atoms with van der Waals surface area (Å²) in [5, 5.41) is 28.5. The highest BCUT2D eigenvalue weighted by atomic mass is 16.5. The molecule has 3 rings (SSSR count). The van der Waals surface area contributed by atoms with E-state index in [-0.39, 0.29) is 31.2 Å². The first-order valence-electron chi connectivity index (χ1n) is 5.94. The van der Waals surface area contributed by atoms with Crippen LogP contribution in [0, 0.1) is 5.92 Å². The Morgan fingerprint density at radius 1 is 1.29 bits per heavy atom. The van der Waals surface area contributed by atoms with Crippen LogP contribution in [0.4, 0.5) is 0 Å². The molecule has 4 heteroatoms. The number of hydrogen-bond donors (Lipinski definition) is 3. The van der Waals surface area contributed by atoms with Gasteiger partial charge in [0.15, 0.2) is 0 Å². The molecule has 0 aromatic heterocycles. The molecule has 1 fully saturated rings. The minimum absolute atomic E-state index is 0.0332. The number of fused-ring (bicyclic) bond motifs is 3. The van der Waals surface area contributed by atoms with Crippen LogP contribution in [0.2, 0.25) is 0 Å². The molecule has 0 saturated heterocycles. The van der Waals surface area contributed by atoms with Crippen LogP contribution >= 0.6 is 0 Å². The van der Waals surface area contributed by atoms with E-state index in [2.05, 4.69) is 0 Å². The molecule has 1 heterocycles. The van der Waals surface area contributed by atoms with Gasteiger partial charge in [-0.05, 0) is 0 Å². The minimum atomic E-state index is -0.499. The monoisotopic (exact) mass is 236 g/mol. The van der Waals surface area contributed by atoms with E-state index in [1.807, 2.05) is 18.2 Å². The summed E-state index contributed by atoms with van der Waals surface area (Å²) in [4.78, 5) is 0. The molecule has 0 bridgehead atoms. The Balaban J connectivity index is 2.03. The van der Waals surface area contributed by atoms with Gasteiger partial charge in [0, 0.05) is 36.0 Å². The second-order valence-corrected chi connectivity index (χ2v) is 4.83. The maximum absolute atomic E-state index is 9.86. The molecule has 4 nitrogen and oxygen atoms in total. The molecule has 1 aliphatic carbocycles. The maximum Gasteiger partial charge on any atom is 0.128 e. The van der Waals surface area contributed by atoms with E-state index in [4.69, 9.17) is 4.74 Å². The molecule has 0 radical (unpaired) electrons. The minimum Gasteiger partial charge on any atom is -0.489 e. The molecule has 1 aromatic carbocycles. The van der Waals surface area contributed by atoms with Crippen molar-refractivity contribution in [3.63, 3.8) is 0 Å². The fraction of sp³-hybridized carbons (Fsp3) is 0.538. The van der Waals surface area contributed by atoms with E-state index < -0.39 is 6.10 Å². The van der Waals surface area contributed by atoms with Gasteiger partial charge in [0.05, 0.1) is 12.7 Å². The van der Waals surface area contributed by atoms with E-state index in [0.29, 0.717) is 6.42 Å². The van der Waals surface area contributed by atoms with Crippen LogP contribution in [0.5, 0.6) is 5.75 Å². The molecule has 2 aliphatic rings. The number of ether oxygens (including phenoxy) is 1. The normalized spacial score (nSPS) is 34.3. The highest BCUT2D eigenvalue weighted by Gasteiger charge is 2.49. The van der Waals surface area contributed by atoms with Crippen molar-refractivity contribution < 1.29 is 20.1 Å².